The molecule has 1 aromatic carbocycles. The number of carboxylic acids is 1. The Labute approximate surface area is 153 Å². The van der Waals surface area contributed by atoms with Crippen LogP contribution in [0.2, 0.25) is 0 Å². The van der Waals surface area contributed by atoms with E-state index in [2.05, 4.69) is 10.0 Å². The van der Waals surface area contributed by atoms with Gasteiger partial charge in [-0.25, -0.2) is 17.9 Å². The van der Waals surface area contributed by atoms with Crippen molar-refractivity contribution in [3.05, 3.63) is 29.8 Å². The van der Waals surface area contributed by atoms with Gasteiger partial charge in [-0.3, -0.25) is 4.79 Å². The Morgan fingerprint density at radius 2 is 2.00 bits per heavy atom. The van der Waals surface area contributed by atoms with Crippen molar-refractivity contribution in [3.8, 4) is 0 Å². The number of hydrogen-bond donors (Lipinski definition) is 3. The number of sulfonamides is 1. The molecule has 0 bridgehead atoms. The molecule has 0 aliphatic carbocycles. The zero-order chi connectivity index (χ0) is 19.2. The summed E-state index contributed by atoms with van der Waals surface area (Å²) < 4.78 is 31.5. The van der Waals surface area contributed by atoms with Crippen LogP contribution in [0.1, 0.15) is 25.3 Å². The maximum absolute atomic E-state index is 12.2. The van der Waals surface area contributed by atoms with Crippen LogP contribution in [0.5, 0.6) is 0 Å². The molecule has 8 nitrogen and oxygen atoms in total. The summed E-state index contributed by atoms with van der Waals surface area (Å²) in [7, 11) is -3.54. The van der Waals surface area contributed by atoms with Crippen molar-refractivity contribution in [2.24, 2.45) is 5.92 Å². The largest absolute Gasteiger partial charge is 0.480 e. The molecule has 0 spiro atoms. The van der Waals surface area contributed by atoms with Crippen molar-refractivity contribution in [2.75, 3.05) is 19.8 Å². The SMILES string of the molecule is CCNS(=O)(=O)c1ccc(CC(=O)NC(C(=O)O)C2CCCOC2)cc1. The number of carbonyl (C=O) groups excluding carboxylic acids is 1. The third kappa shape index (κ3) is 5.52. The molecule has 1 heterocycles. The van der Waals surface area contributed by atoms with Crippen molar-refractivity contribution in [1.82, 2.24) is 10.0 Å². The summed E-state index contributed by atoms with van der Waals surface area (Å²) in [5.41, 5.74) is 0.599. The third-order valence-electron chi connectivity index (χ3n) is 4.18. The zero-order valence-corrected chi connectivity index (χ0v) is 15.4. The molecular weight excluding hydrogens is 360 g/mol. The lowest BCUT2D eigenvalue weighted by atomic mass is 9.93. The minimum absolute atomic E-state index is 0.0289. The molecule has 1 saturated heterocycles. The molecular formula is C17H24N2O6S. The normalized spacial score (nSPS) is 18.9. The van der Waals surface area contributed by atoms with Gasteiger partial charge in [0, 0.05) is 19.1 Å². The molecule has 9 heteroatoms. The molecule has 2 unspecified atom stereocenters. The molecule has 3 N–H and O–H groups in total. The minimum atomic E-state index is -3.54. The van der Waals surface area contributed by atoms with Crippen LogP contribution in [0.15, 0.2) is 29.2 Å². The van der Waals surface area contributed by atoms with Crippen LogP contribution in [0.4, 0.5) is 0 Å². The Morgan fingerprint density at radius 1 is 1.31 bits per heavy atom. The number of amides is 1. The van der Waals surface area contributed by atoms with Crippen LogP contribution in [0.25, 0.3) is 0 Å². The van der Waals surface area contributed by atoms with E-state index in [1.807, 2.05) is 0 Å². The van der Waals surface area contributed by atoms with E-state index in [9.17, 15) is 23.1 Å². The number of benzene rings is 1. The Kier molecular flexibility index (Phi) is 7.13. The van der Waals surface area contributed by atoms with E-state index >= 15 is 0 Å². The lowest BCUT2D eigenvalue weighted by Gasteiger charge is -2.28. The van der Waals surface area contributed by atoms with Gasteiger partial charge in [0.1, 0.15) is 6.04 Å². The fourth-order valence-corrected chi connectivity index (χ4v) is 3.92. The summed E-state index contributed by atoms with van der Waals surface area (Å²) >= 11 is 0. The second kappa shape index (κ2) is 9.11. The van der Waals surface area contributed by atoms with E-state index in [-0.39, 0.29) is 23.8 Å². The van der Waals surface area contributed by atoms with Crippen molar-refractivity contribution in [2.45, 2.75) is 37.1 Å². The Hall–Kier alpha value is -1.97. The molecule has 144 valence electrons. The minimum Gasteiger partial charge on any atom is -0.480 e. The summed E-state index contributed by atoms with van der Waals surface area (Å²) in [5.74, 6) is -1.76. The Morgan fingerprint density at radius 3 is 2.54 bits per heavy atom. The highest BCUT2D eigenvalue weighted by Crippen LogP contribution is 2.18. The highest BCUT2D eigenvalue weighted by molar-refractivity contribution is 7.89. The lowest BCUT2D eigenvalue weighted by molar-refractivity contribution is -0.145. The number of ether oxygens (including phenoxy) is 1. The third-order valence-corrected chi connectivity index (χ3v) is 5.74. The van der Waals surface area contributed by atoms with Crippen LogP contribution in [-0.4, -0.2) is 51.2 Å². The Balaban J connectivity index is 1.99. The van der Waals surface area contributed by atoms with Crippen molar-refractivity contribution in [1.29, 1.82) is 0 Å². The molecule has 1 amide bonds. The first-order chi connectivity index (χ1) is 12.3. The van der Waals surface area contributed by atoms with Gasteiger partial charge in [0.05, 0.1) is 17.9 Å². The van der Waals surface area contributed by atoms with E-state index in [1.54, 1.807) is 19.1 Å². The number of carboxylic acid groups (broad SMARTS) is 1. The van der Waals surface area contributed by atoms with Crippen LogP contribution in [0.3, 0.4) is 0 Å². The predicted molar refractivity (Wildman–Crippen MR) is 94.1 cm³/mol. The Bertz CT molecular complexity index is 726. The van der Waals surface area contributed by atoms with Crippen molar-refractivity contribution < 1.29 is 27.9 Å². The molecule has 26 heavy (non-hydrogen) atoms. The fraction of sp³-hybridized carbons (Fsp3) is 0.529. The molecule has 1 aromatic rings. The number of nitrogens with one attached hydrogen (secondary N) is 2. The van der Waals surface area contributed by atoms with Crippen molar-refractivity contribution in [3.63, 3.8) is 0 Å². The second-order valence-corrected chi connectivity index (χ2v) is 7.95. The van der Waals surface area contributed by atoms with E-state index in [1.165, 1.54) is 12.1 Å². The average molecular weight is 384 g/mol. The highest BCUT2D eigenvalue weighted by Gasteiger charge is 2.31. The van der Waals surface area contributed by atoms with Gasteiger partial charge < -0.3 is 15.2 Å². The standard InChI is InChI=1S/C17H24N2O6S/c1-2-18-26(23,24)14-7-5-12(6-8-14)10-15(20)19-16(17(21)22)13-4-3-9-25-11-13/h5-8,13,16,18H,2-4,9-11H2,1H3,(H,19,20)(H,21,22). The summed E-state index contributed by atoms with van der Waals surface area (Å²) in [4.78, 5) is 23.8. The number of hydrogen-bond acceptors (Lipinski definition) is 5. The van der Waals surface area contributed by atoms with Gasteiger partial charge in [-0.1, -0.05) is 19.1 Å². The van der Waals surface area contributed by atoms with Gasteiger partial charge in [-0.2, -0.15) is 0 Å². The lowest BCUT2D eigenvalue weighted by Crippen LogP contribution is -2.48. The second-order valence-electron chi connectivity index (χ2n) is 6.18. The van der Waals surface area contributed by atoms with Crippen LogP contribution >= 0.6 is 0 Å². The first-order valence-electron chi connectivity index (χ1n) is 8.52. The maximum atomic E-state index is 12.2. The van der Waals surface area contributed by atoms with Gasteiger partial charge in [0.25, 0.3) is 0 Å². The predicted octanol–water partition coefficient (Wildman–Crippen LogP) is 0.523. The molecule has 1 aliphatic rings. The van der Waals surface area contributed by atoms with Crippen LogP contribution in [-0.2, 0) is 30.8 Å². The van der Waals surface area contributed by atoms with Gasteiger partial charge >= 0.3 is 5.97 Å². The summed E-state index contributed by atoms with van der Waals surface area (Å²) in [6.45, 7) is 2.90. The van der Waals surface area contributed by atoms with Gasteiger partial charge in [0.2, 0.25) is 15.9 Å². The number of carbonyl (C=O) groups is 2. The summed E-state index contributed by atoms with van der Waals surface area (Å²) in [5, 5.41) is 11.9. The zero-order valence-electron chi connectivity index (χ0n) is 14.6. The van der Waals surface area contributed by atoms with Crippen molar-refractivity contribution >= 4 is 21.9 Å². The fourth-order valence-electron chi connectivity index (χ4n) is 2.88. The molecule has 2 rings (SSSR count). The maximum Gasteiger partial charge on any atom is 0.326 e. The first kappa shape index (κ1) is 20.3. The molecule has 2 atom stereocenters. The molecule has 0 radical (unpaired) electrons. The first-order valence-corrected chi connectivity index (χ1v) is 10.0. The van der Waals surface area contributed by atoms with Gasteiger partial charge in [-0.05, 0) is 30.5 Å². The summed E-state index contributed by atoms with van der Waals surface area (Å²) in [6.07, 6.45) is 1.43. The van der Waals surface area contributed by atoms with Crippen LogP contribution < -0.4 is 10.0 Å². The monoisotopic (exact) mass is 384 g/mol. The quantitative estimate of drug-likeness (QED) is 0.601. The average Bonchev–Trinajstić information content (AvgIpc) is 2.60. The van der Waals surface area contributed by atoms with E-state index in [4.69, 9.17) is 4.74 Å². The topological polar surface area (TPSA) is 122 Å². The van der Waals surface area contributed by atoms with Crippen LogP contribution in [0, 0.1) is 5.92 Å². The molecule has 1 aliphatic heterocycles. The number of rotatable bonds is 8. The summed E-state index contributed by atoms with van der Waals surface area (Å²) in [6, 6.07) is 4.94. The van der Waals surface area contributed by atoms with E-state index < -0.39 is 27.9 Å². The number of aliphatic carboxylic acids is 1. The molecule has 0 saturated carbocycles. The van der Waals surface area contributed by atoms with Gasteiger partial charge in [0.15, 0.2) is 0 Å². The molecule has 1 fully saturated rings. The molecule has 0 aromatic heterocycles. The smallest absolute Gasteiger partial charge is 0.326 e. The van der Waals surface area contributed by atoms with E-state index in [0.29, 0.717) is 25.2 Å². The van der Waals surface area contributed by atoms with E-state index in [0.717, 1.165) is 6.42 Å². The van der Waals surface area contributed by atoms with Gasteiger partial charge in [-0.15, -0.1) is 0 Å². The highest BCUT2D eigenvalue weighted by atomic mass is 32.2.